The van der Waals surface area contributed by atoms with E-state index in [9.17, 15) is 9.18 Å². The number of nitrogens with one attached hydrogen (secondary N) is 1. The summed E-state index contributed by atoms with van der Waals surface area (Å²) >= 11 is 7.05. The van der Waals surface area contributed by atoms with Crippen LogP contribution < -0.4 is 14.8 Å². The lowest BCUT2D eigenvalue weighted by atomic mass is 10.2. The molecule has 5 rings (SSSR count). The third kappa shape index (κ3) is 4.85. The van der Waals surface area contributed by atoms with Crippen LogP contribution in [0.1, 0.15) is 5.56 Å². The number of thioether (sulfide) groups is 1. The van der Waals surface area contributed by atoms with Gasteiger partial charge in [0.2, 0.25) is 12.7 Å². The van der Waals surface area contributed by atoms with Gasteiger partial charge < -0.3 is 14.8 Å². The predicted molar refractivity (Wildman–Crippen MR) is 128 cm³/mol. The Morgan fingerprint density at radius 1 is 1.06 bits per heavy atom. The molecule has 3 aromatic carbocycles. The molecule has 1 N–H and O–H groups in total. The zero-order chi connectivity index (χ0) is 23.5. The summed E-state index contributed by atoms with van der Waals surface area (Å²) in [6, 6.07) is 19.5. The minimum absolute atomic E-state index is 0.0542. The van der Waals surface area contributed by atoms with Crippen LogP contribution in [0.15, 0.2) is 71.9 Å². The second-order valence-corrected chi connectivity index (χ2v) is 8.76. The molecular weight excluding hydrogens is 479 g/mol. The number of nitrogens with zero attached hydrogens (tertiary/aromatic N) is 3. The van der Waals surface area contributed by atoms with Gasteiger partial charge in [-0.15, -0.1) is 10.2 Å². The summed E-state index contributed by atoms with van der Waals surface area (Å²) in [4.78, 5) is 12.5. The van der Waals surface area contributed by atoms with E-state index in [1.54, 1.807) is 0 Å². The molecule has 34 heavy (non-hydrogen) atoms. The molecule has 0 spiro atoms. The summed E-state index contributed by atoms with van der Waals surface area (Å²) in [5.41, 5.74) is 2.31. The lowest BCUT2D eigenvalue weighted by molar-refractivity contribution is -0.113. The molecule has 172 valence electrons. The molecule has 0 aliphatic carbocycles. The van der Waals surface area contributed by atoms with Crippen molar-refractivity contribution in [2.24, 2.45) is 0 Å². The van der Waals surface area contributed by atoms with Gasteiger partial charge in [-0.25, -0.2) is 4.39 Å². The van der Waals surface area contributed by atoms with E-state index >= 15 is 0 Å². The van der Waals surface area contributed by atoms with Gasteiger partial charge in [-0.1, -0.05) is 59.8 Å². The van der Waals surface area contributed by atoms with Gasteiger partial charge in [0, 0.05) is 11.3 Å². The highest BCUT2D eigenvalue weighted by Crippen LogP contribution is 2.34. The monoisotopic (exact) mass is 496 g/mol. The summed E-state index contributed by atoms with van der Waals surface area (Å²) in [6.45, 7) is 0.682. The van der Waals surface area contributed by atoms with Crippen molar-refractivity contribution in [3.63, 3.8) is 0 Å². The number of amides is 1. The van der Waals surface area contributed by atoms with E-state index in [1.807, 2.05) is 53.1 Å². The quantitative estimate of drug-likeness (QED) is 0.352. The lowest BCUT2D eigenvalue weighted by Gasteiger charge is -2.11. The molecule has 4 aromatic rings. The van der Waals surface area contributed by atoms with Crippen molar-refractivity contribution < 1.29 is 18.7 Å². The van der Waals surface area contributed by atoms with E-state index in [4.69, 9.17) is 21.1 Å². The highest BCUT2D eigenvalue weighted by molar-refractivity contribution is 7.99. The standard InChI is InChI=1S/C24H18ClFN4O3S/c25-18-11-17(7-8-19(18)26)27-22(31)13-34-24-29-28-23(16-4-2-1-3-5-16)30(24)12-15-6-9-20-21(10-15)33-14-32-20/h1-11H,12-14H2,(H,27,31). The number of carbonyl (C=O) groups excluding carboxylic acids is 1. The van der Waals surface area contributed by atoms with Crippen LogP contribution in [-0.4, -0.2) is 33.2 Å². The Labute approximate surface area is 203 Å². The lowest BCUT2D eigenvalue weighted by Crippen LogP contribution is -2.15. The Morgan fingerprint density at radius 2 is 1.88 bits per heavy atom. The zero-order valence-electron chi connectivity index (χ0n) is 17.7. The average Bonchev–Trinajstić information content (AvgIpc) is 3.47. The molecule has 1 aliphatic heterocycles. The number of hydrogen-bond acceptors (Lipinski definition) is 6. The van der Waals surface area contributed by atoms with Crippen molar-refractivity contribution in [2.45, 2.75) is 11.7 Å². The number of fused-ring (bicyclic) bond motifs is 1. The van der Waals surface area contributed by atoms with Crippen LogP contribution in [0, 0.1) is 5.82 Å². The van der Waals surface area contributed by atoms with Gasteiger partial charge in [-0.3, -0.25) is 9.36 Å². The summed E-state index contributed by atoms with van der Waals surface area (Å²) in [5.74, 6) is 1.36. The summed E-state index contributed by atoms with van der Waals surface area (Å²) in [6.07, 6.45) is 0. The Bertz CT molecular complexity index is 1350. The minimum Gasteiger partial charge on any atom is -0.454 e. The number of rotatable bonds is 7. The number of hydrogen-bond donors (Lipinski definition) is 1. The molecule has 2 heterocycles. The van der Waals surface area contributed by atoms with E-state index in [-0.39, 0.29) is 23.5 Å². The predicted octanol–water partition coefficient (Wildman–Crippen LogP) is 5.25. The fraction of sp³-hybridized carbons (Fsp3) is 0.125. The fourth-order valence-corrected chi connectivity index (χ4v) is 4.38. The van der Waals surface area contributed by atoms with Crippen molar-refractivity contribution in [2.75, 3.05) is 17.9 Å². The van der Waals surface area contributed by atoms with Crippen molar-refractivity contribution >= 4 is 35.0 Å². The number of benzene rings is 3. The summed E-state index contributed by atoms with van der Waals surface area (Å²) in [7, 11) is 0. The molecule has 0 unspecified atom stereocenters. The van der Waals surface area contributed by atoms with Crippen molar-refractivity contribution in [3.8, 4) is 22.9 Å². The molecule has 0 saturated carbocycles. The molecule has 0 radical (unpaired) electrons. The van der Waals surface area contributed by atoms with E-state index < -0.39 is 5.82 Å². The molecule has 0 atom stereocenters. The zero-order valence-corrected chi connectivity index (χ0v) is 19.3. The molecule has 0 bridgehead atoms. The van der Waals surface area contributed by atoms with Crippen LogP contribution in [0.4, 0.5) is 10.1 Å². The van der Waals surface area contributed by atoms with Crippen LogP contribution in [0.3, 0.4) is 0 Å². The Morgan fingerprint density at radius 3 is 2.71 bits per heavy atom. The molecule has 1 amide bonds. The van der Waals surface area contributed by atoms with E-state index in [0.717, 1.165) is 11.1 Å². The Balaban J connectivity index is 1.36. The average molecular weight is 497 g/mol. The third-order valence-corrected chi connectivity index (χ3v) is 6.32. The molecule has 1 aromatic heterocycles. The number of carbonyl (C=O) groups is 1. The smallest absolute Gasteiger partial charge is 0.234 e. The first-order valence-electron chi connectivity index (χ1n) is 10.3. The maximum Gasteiger partial charge on any atom is 0.234 e. The van der Waals surface area contributed by atoms with E-state index in [2.05, 4.69) is 15.5 Å². The largest absolute Gasteiger partial charge is 0.454 e. The van der Waals surface area contributed by atoms with Crippen molar-refractivity contribution in [1.82, 2.24) is 14.8 Å². The maximum atomic E-state index is 13.4. The van der Waals surface area contributed by atoms with Gasteiger partial charge in [-0.05, 0) is 35.9 Å². The van der Waals surface area contributed by atoms with Gasteiger partial charge in [0.15, 0.2) is 22.5 Å². The molecule has 7 nitrogen and oxygen atoms in total. The SMILES string of the molecule is O=C(CSc1nnc(-c2ccccc2)n1Cc1ccc2c(c1)OCO2)Nc1ccc(F)c(Cl)c1. The van der Waals surface area contributed by atoms with Crippen LogP contribution in [0.25, 0.3) is 11.4 Å². The number of ether oxygens (including phenoxy) is 2. The topological polar surface area (TPSA) is 78.3 Å². The van der Waals surface area contributed by atoms with Gasteiger partial charge in [0.05, 0.1) is 17.3 Å². The van der Waals surface area contributed by atoms with Crippen LogP contribution in [-0.2, 0) is 11.3 Å². The minimum atomic E-state index is -0.542. The summed E-state index contributed by atoms with van der Waals surface area (Å²) < 4.78 is 26.2. The van der Waals surface area contributed by atoms with Crippen molar-refractivity contribution in [1.29, 1.82) is 0 Å². The normalized spacial score (nSPS) is 12.1. The van der Waals surface area contributed by atoms with Crippen LogP contribution in [0.2, 0.25) is 5.02 Å². The van der Waals surface area contributed by atoms with Gasteiger partial charge in [0.1, 0.15) is 5.82 Å². The van der Waals surface area contributed by atoms with Gasteiger partial charge >= 0.3 is 0 Å². The molecule has 10 heteroatoms. The number of anilines is 1. The highest BCUT2D eigenvalue weighted by Gasteiger charge is 2.18. The summed E-state index contributed by atoms with van der Waals surface area (Å²) in [5, 5.41) is 12.0. The first kappa shape index (κ1) is 22.2. The first-order chi connectivity index (χ1) is 16.6. The first-order valence-corrected chi connectivity index (χ1v) is 11.7. The number of halogens is 2. The molecular formula is C24H18ClFN4O3S. The molecule has 1 aliphatic rings. The maximum absolute atomic E-state index is 13.4. The molecule has 0 saturated heterocycles. The number of aromatic nitrogens is 3. The van der Waals surface area contributed by atoms with Crippen LogP contribution >= 0.6 is 23.4 Å². The van der Waals surface area contributed by atoms with Crippen molar-refractivity contribution in [3.05, 3.63) is 83.1 Å². The van der Waals surface area contributed by atoms with E-state index in [1.165, 1.54) is 30.0 Å². The van der Waals surface area contributed by atoms with Gasteiger partial charge in [0.25, 0.3) is 0 Å². The Kier molecular flexibility index (Phi) is 6.37. The highest BCUT2D eigenvalue weighted by atomic mass is 35.5. The second kappa shape index (κ2) is 9.74. The second-order valence-electron chi connectivity index (χ2n) is 7.41. The van der Waals surface area contributed by atoms with Crippen LogP contribution in [0.5, 0.6) is 11.5 Å². The third-order valence-electron chi connectivity index (χ3n) is 5.06. The Hall–Kier alpha value is -3.56. The fourth-order valence-electron chi connectivity index (χ4n) is 3.46. The van der Waals surface area contributed by atoms with E-state index in [0.29, 0.717) is 34.7 Å². The molecule has 0 fully saturated rings. The van der Waals surface area contributed by atoms with Gasteiger partial charge in [-0.2, -0.15) is 0 Å².